The van der Waals surface area contributed by atoms with E-state index in [2.05, 4.69) is 6.92 Å². The van der Waals surface area contributed by atoms with Gasteiger partial charge in [0.1, 0.15) is 30.4 Å². The van der Waals surface area contributed by atoms with Gasteiger partial charge < -0.3 is 14.4 Å². The second-order valence-corrected chi connectivity index (χ2v) is 8.48. The van der Waals surface area contributed by atoms with Crippen molar-refractivity contribution < 1.29 is 23.5 Å². The number of amides is 1. The van der Waals surface area contributed by atoms with Crippen molar-refractivity contribution in [3.8, 4) is 5.75 Å². The lowest BCUT2D eigenvalue weighted by atomic mass is 10.1. The first-order valence-corrected chi connectivity index (χ1v) is 11.8. The minimum Gasteiger partial charge on any atom is -0.489 e. The second kappa shape index (κ2) is 11.1. The zero-order valence-electron chi connectivity index (χ0n) is 19.9. The number of aryl methyl sites for hydroxylation is 1. The topological polar surface area (TPSA) is 59.1 Å². The summed E-state index contributed by atoms with van der Waals surface area (Å²) in [7, 11) is 1.29. The fourth-order valence-electron chi connectivity index (χ4n) is 3.70. The number of carbonyl (C=O) groups excluding carboxylic acids is 2. The van der Waals surface area contributed by atoms with E-state index < -0.39 is 5.97 Å². The molecular weight excluding hydrogens is 479 g/mol. The molecular formula is C28H25FN2O4S. The van der Waals surface area contributed by atoms with E-state index in [-0.39, 0.29) is 29.1 Å². The van der Waals surface area contributed by atoms with Crippen LogP contribution in [-0.2, 0) is 27.4 Å². The monoisotopic (exact) mass is 504 g/mol. The van der Waals surface area contributed by atoms with Gasteiger partial charge in [-0.1, -0.05) is 43.3 Å². The van der Waals surface area contributed by atoms with E-state index in [1.165, 1.54) is 29.0 Å². The fourth-order valence-corrected chi connectivity index (χ4v) is 4.05. The van der Waals surface area contributed by atoms with E-state index in [0.29, 0.717) is 18.0 Å². The molecule has 3 aromatic carbocycles. The van der Waals surface area contributed by atoms with Crippen molar-refractivity contribution in [2.24, 2.45) is 0 Å². The van der Waals surface area contributed by atoms with Gasteiger partial charge in [-0.15, -0.1) is 0 Å². The van der Waals surface area contributed by atoms with Gasteiger partial charge in [-0.3, -0.25) is 14.5 Å². The molecule has 3 aromatic rings. The highest BCUT2D eigenvalue weighted by Gasteiger charge is 2.40. The van der Waals surface area contributed by atoms with E-state index in [1.54, 1.807) is 42.5 Å². The molecule has 0 unspecified atom stereocenters. The Labute approximate surface area is 214 Å². The maximum absolute atomic E-state index is 13.4. The third kappa shape index (κ3) is 5.60. The largest absolute Gasteiger partial charge is 0.489 e. The second-order valence-electron chi connectivity index (χ2n) is 8.12. The molecule has 1 fully saturated rings. The van der Waals surface area contributed by atoms with Crippen LogP contribution in [0.25, 0.3) is 6.08 Å². The highest BCUT2D eigenvalue weighted by atomic mass is 32.1. The third-order valence-corrected chi connectivity index (χ3v) is 6.16. The number of esters is 1. The Kier molecular flexibility index (Phi) is 7.75. The first-order chi connectivity index (χ1) is 17.4. The summed E-state index contributed by atoms with van der Waals surface area (Å²) in [6.45, 7) is 2.17. The lowest BCUT2D eigenvalue weighted by molar-refractivity contribution is -0.140. The molecule has 0 aliphatic carbocycles. The molecule has 6 nitrogen and oxygen atoms in total. The Hall–Kier alpha value is -4.04. The molecule has 4 rings (SSSR count). The van der Waals surface area contributed by atoms with Gasteiger partial charge in [0, 0.05) is 0 Å². The Morgan fingerprint density at radius 1 is 0.972 bits per heavy atom. The molecule has 0 bridgehead atoms. The van der Waals surface area contributed by atoms with Crippen LogP contribution in [0.5, 0.6) is 5.75 Å². The zero-order chi connectivity index (χ0) is 25.7. The van der Waals surface area contributed by atoms with Gasteiger partial charge in [0.25, 0.3) is 5.91 Å². The summed E-state index contributed by atoms with van der Waals surface area (Å²) in [6.07, 6.45) is 2.56. The van der Waals surface area contributed by atoms with Crippen LogP contribution in [0, 0.1) is 5.82 Å². The fraction of sp³-hybridized carbons (Fsp3) is 0.179. The molecule has 1 aliphatic heterocycles. The highest BCUT2D eigenvalue weighted by Crippen LogP contribution is 2.30. The van der Waals surface area contributed by atoms with Crippen LogP contribution in [0.15, 0.2) is 78.5 Å². The van der Waals surface area contributed by atoms with Crippen molar-refractivity contribution in [3.05, 3.63) is 101 Å². The Bertz CT molecular complexity index is 1290. The number of benzene rings is 3. The predicted octanol–water partition coefficient (Wildman–Crippen LogP) is 5.11. The van der Waals surface area contributed by atoms with Crippen LogP contribution in [0.4, 0.5) is 10.1 Å². The number of carbonyl (C=O) groups is 2. The summed E-state index contributed by atoms with van der Waals surface area (Å²) in [4.78, 5) is 28.4. The third-order valence-electron chi connectivity index (χ3n) is 5.76. The molecule has 1 heterocycles. The van der Waals surface area contributed by atoms with E-state index in [4.69, 9.17) is 21.7 Å². The number of hydrogen-bond donors (Lipinski definition) is 0. The van der Waals surface area contributed by atoms with Crippen molar-refractivity contribution >= 4 is 41.0 Å². The van der Waals surface area contributed by atoms with Crippen molar-refractivity contribution in [2.45, 2.75) is 20.0 Å². The smallest absolute Gasteiger partial charge is 0.325 e. The maximum atomic E-state index is 13.4. The first kappa shape index (κ1) is 25.1. The van der Waals surface area contributed by atoms with Crippen molar-refractivity contribution in [1.29, 1.82) is 0 Å². The van der Waals surface area contributed by atoms with Gasteiger partial charge in [-0.2, -0.15) is 0 Å². The molecule has 0 radical (unpaired) electrons. The minimum absolute atomic E-state index is 0.185. The average Bonchev–Trinajstić information content (AvgIpc) is 3.13. The van der Waals surface area contributed by atoms with Crippen LogP contribution < -0.4 is 9.64 Å². The summed E-state index contributed by atoms with van der Waals surface area (Å²) in [5.41, 5.74) is 3.61. The Morgan fingerprint density at radius 3 is 2.22 bits per heavy atom. The van der Waals surface area contributed by atoms with Gasteiger partial charge in [0.2, 0.25) is 0 Å². The number of thiocarbonyl (C=S) groups is 1. The average molecular weight is 505 g/mol. The molecule has 0 saturated carbocycles. The quantitative estimate of drug-likeness (QED) is 0.241. The van der Waals surface area contributed by atoms with E-state index in [0.717, 1.165) is 23.1 Å². The van der Waals surface area contributed by atoms with E-state index in [1.807, 2.05) is 24.3 Å². The highest BCUT2D eigenvalue weighted by molar-refractivity contribution is 7.80. The molecule has 36 heavy (non-hydrogen) atoms. The summed E-state index contributed by atoms with van der Waals surface area (Å²) in [5.74, 6) is -0.512. The number of rotatable bonds is 8. The van der Waals surface area contributed by atoms with Crippen LogP contribution >= 0.6 is 12.2 Å². The number of anilines is 1. The van der Waals surface area contributed by atoms with Crippen LogP contribution in [0.2, 0.25) is 0 Å². The number of nitrogens with zero attached hydrogens (tertiary/aromatic N) is 2. The first-order valence-electron chi connectivity index (χ1n) is 11.4. The maximum Gasteiger partial charge on any atom is 0.325 e. The van der Waals surface area contributed by atoms with Crippen LogP contribution in [-0.4, -0.2) is 35.5 Å². The number of methoxy groups -OCH3 is 1. The zero-order valence-corrected chi connectivity index (χ0v) is 20.8. The van der Waals surface area contributed by atoms with Gasteiger partial charge in [0.15, 0.2) is 5.11 Å². The van der Waals surface area contributed by atoms with Gasteiger partial charge >= 0.3 is 5.97 Å². The summed E-state index contributed by atoms with van der Waals surface area (Å²) < 4.78 is 23.7. The van der Waals surface area contributed by atoms with Crippen LogP contribution in [0.1, 0.15) is 23.6 Å². The standard InChI is InChI=1S/C28H25FN2O4S/c1-3-19-6-12-23(13-7-19)31-27(33)25(30(28(31)36)17-26(32)34-2)16-20-8-14-24(15-9-20)35-18-21-4-10-22(29)11-5-21/h4-16H,3,17-18H2,1-2H3/b25-16-. The Balaban J connectivity index is 1.56. The number of hydrogen-bond acceptors (Lipinski definition) is 5. The molecule has 184 valence electrons. The predicted molar refractivity (Wildman–Crippen MR) is 140 cm³/mol. The normalized spacial score (nSPS) is 14.5. The molecule has 1 saturated heterocycles. The van der Waals surface area contributed by atoms with Crippen molar-refractivity contribution in [1.82, 2.24) is 4.90 Å². The van der Waals surface area contributed by atoms with Crippen LogP contribution in [0.3, 0.4) is 0 Å². The van der Waals surface area contributed by atoms with Gasteiger partial charge in [-0.25, -0.2) is 4.39 Å². The molecule has 0 aromatic heterocycles. The molecule has 0 atom stereocenters. The molecule has 1 amide bonds. The lowest BCUT2D eigenvalue weighted by Crippen LogP contribution is -2.35. The summed E-state index contributed by atoms with van der Waals surface area (Å²) in [6, 6.07) is 20.9. The van der Waals surface area contributed by atoms with Gasteiger partial charge in [0.05, 0.1) is 12.8 Å². The van der Waals surface area contributed by atoms with Crippen molar-refractivity contribution in [2.75, 3.05) is 18.6 Å². The summed E-state index contributed by atoms with van der Waals surface area (Å²) >= 11 is 5.59. The molecule has 8 heteroatoms. The van der Waals surface area contributed by atoms with Crippen molar-refractivity contribution in [3.63, 3.8) is 0 Å². The minimum atomic E-state index is -0.510. The van der Waals surface area contributed by atoms with E-state index in [9.17, 15) is 14.0 Å². The number of ether oxygens (including phenoxy) is 2. The molecule has 0 spiro atoms. The van der Waals surface area contributed by atoms with E-state index >= 15 is 0 Å². The lowest BCUT2D eigenvalue weighted by Gasteiger charge is -2.19. The summed E-state index contributed by atoms with van der Waals surface area (Å²) in [5, 5.41) is 0.208. The SMILES string of the molecule is CCc1ccc(N2C(=O)/C(=C/c3ccc(OCc4ccc(F)cc4)cc3)N(CC(=O)OC)C2=S)cc1. The molecule has 0 N–H and O–H groups in total. The van der Waals surface area contributed by atoms with Gasteiger partial charge in [-0.05, 0) is 77.8 Å². The molecule has 1 aliphatic rings. The Morgan fingerprint density at radius 2 is 1.61 bits per heavy atom. The number of halogens is 1.